The highest BCUT2D eigenvalue weighted by atomic mass is 35.5. The van der Waals surface area contributed by atoms with Gasteiger partial charge in [0.05, 0.1) is 12.6 Å². The van der Waals surface area contributed by atoms with Crippen molar-refractivity contribution >= 4 is 17.6 Å². The van der Waals surface area contributed by atoms with Crippen molar-refractivity contribution < 1.29 is 0 Å². The highest BCUT2D eigenvalue weighted by Gasteiger charge is 2.15. The number of aliphatic imine (C=N–C) groups is 1. The molecule has 0 saturated heterocycles. The Morgan fingerprint density at radius 2 is 1.82 bits per heavy atom. The summed E-state index contributed by atoms with van der Waals surface area (Å²) in [5.41, 5.74) is 1.13. The predicted molar refractivity (Wildman–Crippen MR) is 91.5 cm³/mol. The van der Waals surface area contributed by atoms with Crippen molar-refractivity contribution in [2.75, 3.05) is 34.7 Å². The molecule has 0 aliphatic carbocycles. The quantitative estimate of drug-likeness (QED) is 0.642. The van der Waals surface area contributed by atoms with E-state index in [4.69, 9.17) is 16.6 Å². The zero-order valence-corrected chi connectivity index (χ0v) is 14.2. The molecule has 22 heavy (non-hydrogen) atoms. The molecule has 2 aromatic rings. The number of benzene rings is 1. The van der Waals surface area contributed by atoms with Crippen LogP contribution in [0.3, 0.4) is 0 Å². The van der Waals surface area contributed by atoms with E-state index in [-0.39, 0.29) is 6.04 Å². The standard InChI is InChI=1S/C16H22ClN5/c1-20(2)16(21(3)4)18-12-15(22-11-5-10-19-22)13-6-8-14(17)9-7-13/h5-11,15H,12H2,1-4H3. The molecule has 0 aliphatic rings. The molecular weight excluding hydrogens is 298 g/mol. The third kappa shape index (κ3) is 4.01. The van der Waals surface area contributed by atoms with Gasteiger partial charge in [-0.2, -0.15) is 5.10 Å². The van der Waals surface area contributed by atoms with E-state index in [0.717, 1.165) is 16.5 Å². The molecule has 6 heteroatoms. The molecule has 0 aliphatic heterocycles. The molecule has 0 radical (unpaired) electrons. The highest BCUT2D eigenvalue weighted by molar-refractivity contribution is 6.30. The van der Waals surface area contributed by atoms with Crippen molar-refractivity contribution in [2.24, 2.45) is 4.99 Å². The summed E-state index contributed by atoms with van der Waals surface area (Å²) in [5.74, 6) is 0.922. The third-order valence-corrected chi connectivity index (χ3v) is 3.56. The SMILES string of the molecule is CN(C)C(=NCC(c1ccc(Cl)cc1)n1cccn1)N(C)C. The Hall–Kier alpha value is -2.01. The molecular formula is C16H22ClN5. The third-order valence-electron chi connectivity index (χ3n) is 3.30. The van der Waals surface area contributed by atoms with Gasteiger partial charge in [0.2, 0.25) is 0 Å². The van der Waals surface area contributed by atoms with Crippen LogP contribution in [0.5, 0.6) is 0 Å². The van der Waals surface area contributed by atoms with Crippen LogP contribution < -0.4 is 0 Å². The van der Waals surface area contributed by atoms with E-state index in [1.807, 2.05) is 79.2 Å². The van der Waals surface area contributed by atoms with Crippen LogP contribution in [0.25, 0.3) is 0 Å². The van der Waals surface area contributed by atoms with E-state index >= 15 is 0 Å². The van der Waals surface area contributed by atoms with Crippen LogP contribution in [0.2, 0.25) is 5.02 Å². The first-order valence-electron chi connectivity index (χ1n) is 7.12. The van der Waals surface area contributed by atoms with Crippen LogP contribution in [0.4, 0.5) is 0 Å². The normalized spacial score (nSPS) is 11.9. The second-order valence-corrected chi connectivity index (χ2v) is 5.92. The van der Waals surface area contributed by atoms with Crippen LogP contribution in [0.15, 0.2) is 47.7 Å². The van der Waals surface area contributed by atoms with Gasteiger partial charge in [0.15, 0.2) is 5.96 Å². The van der Waals surface area contributed by atoms with E-state index in [9.17, 15) is 0 Å². The fourth-order valence-corrected chi connectivity index (χ4v) is 2.47. The van der Waals surface area contributed by atoms with Gasteiger partial charge in [-0.15, -0.1) is 0 Å². The Morgan fingerprint density at radius 3 is 2.32 bits per heavy atom. The lowest BCUT2D eigenvalue weighted by Gasteiger charge is -2.24. The zero-order valence-electron chi connectivity index (χ0n) is 13.4. The first-order valence-corrected chi connectivity index (χ1v) is 7.50. The van der Waals surface area contributed by atoms with Crippen LogP contribution in [0, 0.1) is 0 Å². The summed E-state index contributed by atoms with van der Waals surface area (Å²) in [5, 5.41) is 5.10. The zero-order chi connectivity index (χ0) is 16.1. The number of halogens is 1. The van der Waals surface area contributed by atoms with Crippen LogP contribution in [-0.2, 0) is 0 Å². The molecule has 0 saturated carbocycles. The largest absolute Gasteiger partial charge is 0.349 e. The van der Waals surface area contributed by atoms with Gasteiger partial charge in [-0.3, -0.25) is 9.67 Å². The maximum absolute atomic E-state index is 5.99. The second-order valence-electron chi connectivity index (χ2n) is 5.48. The van der Waals surface area contributed by atoms with Gasteiger partial charge in [0, 0.05) is 45.6 Å². The molecule has 1 unspecified atom stereocenters. The smallest absolute Gasteiger partial charge is 0.195 e. The Kier molecular flexibility index (Phi) is 5.44. The van der Waals surface area contributed by atoms with E-state index in [1.54, 1.807) is 6.20 Å². The minimum Gasteiger partial charge on any atom is -0.349 e. The summed E-state index contributed by atoms with van der Waals surface area (Å²) >= 11 is 5.99. The fraction of sp³-hybridized carbons (Fsp3) is 0.375. The molecule has 0 bridgehead atoms. The first-order chi connectivity index (χ1) is 10.5. The van der Waals surface area contributed by atoms with Gasteiger partial charge in [0.25, 0.3) is 0 Å². The number of guanidine groups is 1. The van der Waals surface area contributed by atoms with Gasteiger partial charge >= 0.3 is 0 Å². The van der Waals surface area contributed by atoms with Crippen molar-refractivity contribution in [2.45, 2.75) is 6.04 Å². The maximum atomic E-state index is 5.99. The molecule has 5 nitrogen and oxygen atoms in total. The first kappa shape index (κ1) is 16.4. The van der Waals surface area contributed by atoms with Crippen molar-refractivity contribution in [3.8, 4) is 0 Å². The Morgan fingerprint density at radius 1 is 1.18 bits per heavy atom. The van der Waals surface area contributed by atoms with E-state index < -0.39 is 0 Å². The summed E-state index contributed by atoms with van der Waals surface area (Å²) in [6.07, 6.45) is 3.74. The molecule has 2 rings (SSSR count). The number of hydrogen-bond acceptors (Lipinski definition) is 2. The molecule has 0 N–H and O–H groups in total. The summed E-state index contributed by atoms with van der Waals surface area (Å²) in [7, 11) is 7.96. The Bertz CT molecular complexity index is 592. The average Bonchev–Trinajstić information content (AvgIpc) is 2.98. The van der Waals surface area contributed by atoms with Gasteiger partial charge in [-0.25, -0.2) is 0 Å². The molecule has 1 aromatic heterocycles. The van der Waals surface area contributed by atoms with Gasteiger partial charge in [-0.1, -0.05) is 23.7 Å². The summed E-state index contributed by atoms with van der Waals surface area (Å²) < 4.78 is 1.93. The molecule has 1 atom stereocenters. The van der Waals surface area contributed by atoms with Gasteiger partial charge in [-0.05, 0) is 23.8 Å². The van der Waals surface area contributed by atoms with Gasteiger partial charge < -0.3 is 9.80 Å². The molecule has 0 spiro atoms. The van der Waals surface area contributed by atoms with Crippen molar-refractivity contribution in [1.82, 2.24) is 19.6 Å². The summed E-state index contributed by atoms with van der Waals surface area (Å²) in [6, 6.07) is 9.81. The minimum absolute atomic E-state index is 0.0437. The monoisotopic (exact) mass is 319 g/mol. The van der Waals surface area contributed by atoms with E-state index in [0.29, 0.717) is 6.54 Å². The number of aromatic nitrogens is 2. The van der Waals surface area contributed by atoms with Gasteiger partial charge in [0.1, 0.15) is 0 Å². The fourth-order valence-electron chi connectivity index (χ4n) is 2.34. The predicted octanol–water partition coefficient (Wildman–Crippen LogP) is 2.61. The number of rotatable bonds is 4. The summed E-state index contributed by atoms with van der Waals surface area (Å²) in [4.78, 5) is 8.76. The molecule has 118 valence electrons. The summed E-state index contributed by atoms with van der Waals surface area (Å²) in [6.45, 7) is 0.606. The van der Waals surface area contributed by atoms with Crippen molar-refractivity contribution in [3.63, 3.8) is 0 Å². The van der Waals surface area contributed by atoms with Crippen molar-refractivity contribution in [1.29, 1.82) is 0 Å². The van der Waals surface area contributed by atoms with Crippen LogP contribution in [-0.4, -0.2) is 60.3 Å². The molecule has 0 fully saturated rings. The molecule has 1 aromatic carbocycles. The lowest BCUT2D eigenvalue weighted by atomic mass is 10.1. The van der Waals surface area contributed by atoms with E-state index in [1.165, 1.54) is 0 Å². The topological polar surface area (TPSA) is 36.7 Å². The number of nitrogens with zero attached hydrogens (tertiary/aromatic N) is 5. The Balaban J connectivity index is 2.30. The molecule has 1 heterocycles. The van der Waals surface area contributed by atoms with Crippen LogP contribution in [0.1, 0.15) is 11.6 Å². The van der Waals surface area contributed by atoms with E-state index in [2.05, 4.69) is 5.10 Å². The second kappa shape index (κ2) is 7.31. The van der Waals surface area contributed by atoms with Crippen LogP contribution >= 0.6 is 11.6 Å². The average molecular weight is 320 g/mol. The maximum Gasteiger partial charge on any atom is 0.195 e. The lowest BCUT2D eigenvalue weighted by Crippen LogP contribution is -2.36. The number of hydrogen-bond donors (Lipinski definition) is 0. The lowest BCUT2D eigenvalue weighted by molar-refractivity contribution is 0.467. The minimum atomic E-state index is 0.0437. The van der Waals surface area contributed by atoms with Crippen molar-refractivity contribution in [3.05, 3.63) is 53.3 Å². The molecule has 0 amide bonds. The Labute approximate surface area is 136 Å². The highest BCUT2D eigenvalue weighted by Crippen LogP contribution is 2.20.